The molecule has 0 spiro atoms. The number of nitrogens with zero attached hydrogens (tertiary/aromatic N) is 4. The lowest BCUT2D eigenvalue weighted by atomic mass is 10.1. The Morgan fingerprint density at radius 3 is 2.44 bits per heavy atom. The number of methoxy groups -OCH3 is 1. The van der Waals surface area contributed by atoms with Gasteiger partial charge >= 0.3 is 6.18 Å². The van der Waals surface area contributed by atoms with Crippen LogP contribution in [0.5, 0.6) is 5.75 Å². The van der Waals surface area contributed by atoms with Gasteiger partial charge in [-0.2, -0.15) is 13.2 Å². The molecule has 0 saturated carbocycles. The summed E-state index contributed by atoms with van der Waals surface area (Å²) in [5, 5.41) is 0. The summed E-state index contributed by atoms with van der Waals surface area (Å²) in [7, 11) is 1.53. The van der Waals surface area contributed by atoms with Gasteiger partial charge in [0.1, 0.15) is 12.3 Å². The molecule has 3 aromatic rings. The number of benzene rings is 2. The van der Waals surface area contributed by atoms with Gasteiger partial charge in [0.2, 0.25) is 5.91 Å². The van der Waals surface area contributed by atoms with Gasteiger partial charge < -0.3 is 14.5 Å². The Bertz CT molecular complexity index is 1230. The average molecular weight is 472 g/mol. The van der Waals surface area contributed by atoms with Crippen molar-refractivity contribution in [3.63, 3.8) is 0 Å². The normalized spacial score (nSPS) is 14.2. The molecule has 0 radical (unpaired) electrons. The third-order valence-corrected chi connectivity index (χ3v) is 5.74. The lowest BCUT2D eigenvalue weighted by Gasteiger charge is -2.36. The summed E-state index contributed by atoms with van der Waals surface area (Å²) in [6, 6.07) is 13.7. The number of alkyl halides is 3. The molecular formula is C24H23F3N4O3. The van der Waals surface area contributed by atoms with Crippen molar-refractivity contribution in [1.29, 1.82) is 0 Å². The number of ether oxygens (including phenoxy) is 1. The number of rotatable bonds is 5. The molecule has 0 atom stereocenters. The number of carbonyl (C=O) groups is 1. The van der Waals surface area contributed by atoms with Crippen molar-refractivity contribution in [2.45, 2.75) is 12.7 Å². The van der Waals surface area contributed by atoms with E-state index in [-0.39, 0.29) is 18.0 Å². The van der Waals surface area contributed by atoms with Crippen molar-refractivity contribution < 1.29 is 22.7 Å². The quantitative estimate of drug-likeness (QED) is 0.570. The van der Waals surface area contributed by atoms with Gasteiger partial charge in [-0.3, -0.25) is 14.2 Å². The Balaban J connectivity index is 1.39. The molecule has 34 heavy (non-hydrogen) atoms. The molecule has 0 bridgehead atoms. The number of amides is 1. The SMILES string of the molecule is COc1ccccc1-c1cc(=O)n(CC(=O)N2CCN(c3cccc(C(F)(F)F)c3)CC2)cn1. The second kappa shape index (κ2) is 9.58. The van der Waals surface area contributed by atoms with Gasteiger partial charge in [0.25, 0.3) is 5.56 Å². The first-order valence-corrected chi connectivity index (χ1v) is 10.7. The van der Waals surface area contributed by atoms with E-state index in [0.29, 0.717) is 48.9 Å². The molecule has 1 aliphatic heterocycles. The van der Waals surface area contributed by atoms with Crippen molar-refractivity contribution in [2.24, 2.45) is 0 Å². The highest BCUT2D eigenvalue weighted by Crippen LogP contribution is 2.32. The van der Waals surface area contributed by atoms with E-state index in [1.807, 2.05) is 17.0 Å². The zero-order chi connectivity index (χ0) is 24.3. The number of hydrogen-bond donors (Lipinski definition) is 0. The minimum absolute atomic E-state index is 0.165. The average Bonchev–Trinajstić information content (AvgIpc) is 2.85. The number of aromatic nitrogens is 2. The Hall–Kier alpha value is -3.82. The number of anilines is 1. The van der Waals surface area contributed by atoms with Gasteiger partial charge in [0.05, 0.1) is 24.7 Å². The highest BCUT2D eigenvalue weighted by Gasteiger charge is 2.31. The van der Waals surface area contributed by atoms with Crippen LogP contribution in [0.15, 0.2) is 65.7 Å². The van der Waals surface area contributed by atoms with E-state index in [9.17, 15) is 22.8 Å². The number of para-hydroxylation sites is 1. The van der Waals surface area contributed by atoms with Gasteiger partial charge in [-0.1, -0.05) is 18.2 Å². The maximum absolute atomic E-state index is 13.0. The van der Waals surface area contributed by atoms with E-state index in [4.69, 9.17) is 4.74 Å². The van der Waals surface area contributed by atoms with E-state index >= 15 is 0 Å². The molecule has 0 aliphatic carbocycles. The summed E-state index contributed by atoms with van der Waals surface area (Å²) in [5.74, 6) is 0.333. The van der Waals surface area contributed by atoms with Crippen LogP contribution in [0.25, 0.3) is 11.3 Å². The lowest BCUT2D eigenvalue weighted by molar-refractivity contribution is -0.137. The van der Waals surface area contributed by atoms with Crippen LogP contribution in [-0.2, 0) is 17.5 Å². The smallest absolute Gasteiger partial charge is 0.416 e. The number of carbonyl (C=O) groups excluding carboxylic acids is 1. The summed E-state index contributed by atoms with van der Waals surface area (Å²) in [6.45, 7) is 1.31. The van der Waals surface area contributed by atoms with Gasteiger partial charge in [0, 0.05) is 43.5 Å². The molecule has 1 fully saturated rings. The molecule has 1 aliphatic rings. The van der Waals surface area contributed by atoms with Crippen LogP contribution >= 0.6 is 0 Å². The number of halogens is 3. The maximum Gasteiger partial charge on any atom is 0.416 e. The molecular weight excluding hydrogens is 449 g/mol. The van der Waals surface area contributed by atoms with Crippen LogP contribution in [0.4, 0.5) is 18.9 Å². The Kier molecular flexibility index (Phi) is 6.58. The van der Waals surface area contributed by atoms with Gasteiger partial charge in [-0.05, 0) is 30.3 Å². The van der Waals surface area contributed by atoms with Crippen LogP contribution in [0.1, 0.15) is 5.56 Å². The van der Waals surface area contributed by atoms with Gasteiger partial charge in [-0.15, -0.1) is 0 Å². The number of piperazine rings is 1. The predicted molar refractivity (Wildman–Crippen MR) is 121 cm³/mol. The minimum Gasteiger partial charge on any atom is -0.496 e. The maximum atomic E-state index is 13.0. The first kappa shape index (κ1) is 23.3. The van der Waals surface area contributed by atoms with Crippen molar-refractivity contribution in [3.8, 4) is 17.0 Å². The van der Waals surface area contributed by atoms with E-state index in [1.54, 1.807) is 23.1 Å². The zero-order valence-corrected chi connectivity index (χ0v) is 18.5. The van der Waals surface area contributed by atoms with Crippen LogP contribution in [0.2, 0.25) is 0 Å². The van der Waals surface area contributed by atoms with Crippen molar-refractivity contribution in [1.82, 2.24) is 14.5 Å². The fourth-order valence-electron chi connectivity index (χ4n) is 3.89. The molecule has 2 heterocycles. The van der Waals surface area contributed by atoms with E-state index in [1.165, 1.54) is 30.1 Å². The van der Waals surface area contributed by atoms with Crippen molar-refractivity contribution >= 4 is 11.6 Å². The molecule has 1 aromatic heterocycles. The fraction of sp³-hybridized carbons (Fsp3) is 0.292. The molecule has 7 nitrogen and oxygen atoms in total. The lowest BCUT2D eigenvalue weighted by Crippen LogP contribution is -2.50. The van der Waals surface area contributed by atoms with E-state index in [2.05, 4.69) is 4.98 Å². The van der Waals surface area contributed by atoms with Crippen molar-refractivity contribution in [3.05, 3.63) is 76.8 Å². The van der Waals surface area contributed by atoms with E-state index in [0.717, 1.165) is 12.1 Å². The molecule has 2 aromatic carbocycles. The molecule has 0 unspecified atom stereocenters. The molecule has 4 rings (SSSR count). The molecule has 1 saturated heterocycles. The van der Waals surface area contributed by atoms with Crippen LogP contribution in [-0.4, -0.2) is 53.6 Å². The zero-order valence-electron chi connectivity index (χ0n) is 18.5. The van der Waals surface area contributed by atoms with Gasteiger partial charge in [0.15, 0.2) is 0 Å². The molecule has 10 heteroatoms. The Morgan fingerprint density at radius 2 is 1.76 bits per heavy atom. The summed E-state index contributed by atoms with van der Waals surface area (Å²) >= 11 is 0. The van der Waals surface area contributed by atoms with E-state index < -0.39 is 11.7 Å². The second-order valence-electron chi connectivity index (χ2n) is 7.86. The summed E-state index contributed by atoms with van der Waals surface area (Å²) in [6.07, 6.45) is -3.07. The topological polar surface area (TPSA) is 67.7 Å². The van der Waals surface area contributed by atoms with Crippen molar-refractivity contribution in [2.75, 3.05) is 38.2 Å². The second-order valence-corrected chi connectivity index (χ2v) is 7.86. The molecule has 178 valence electrons. The largest absolute Gasteiger partial charge is 0.496 e. The predicted octanol–water partition coefficient (Wildman–Crippen LogP) is 3.29. The first-order valence-electron chi connectivity index (χ1n) is 10.7. The Labute approximate surface area is 194 Å². The standard InChI is InChI=1S/C24H23F3N4O3/c1-34-21-8-3-2-7-19(21)20-14-22(32)31(16-28-20)15-23(33)30-11-9-29(10-12-30)18-6-4-5-17(13-18)24(25,26)27/h2-8,13-14,16H,9-12,15H2,1H3. The first-order chi connectivity index (χ1) is 16.3. The minimum atomic E-state index is -4.41. The van der Waals surface area contributed by atoms with Crippen LogP contribution in [0, 0.1) is 0 Å². The molecule has 1 amide bonds. The van der Waals surface area contributed by atoms with Crippen LogP contribution in [0.3, 0.4) is 0 Å². The third kappa shape index (κ3) is 5.05. The summed E-state index contributed by atoms with van der Waals surface area (Å²) in [4.78, 5) is 33.1. The third-order valence-electron chi connectivity index (χ3n) is 5.74. The molecule has 0 N–H and O–H groups in total. The van der Waals surface area contributed by atoms with Gasteiger partial charge in [-0.25, -0.2) is 4.98 Å². The Morgan fingerprint density at radius 1 is 1.03 bits per heavy atom. The fourth-order valence-corrected chi connectivity index (χ4v) is 3.89. The van der Waals surface area contributed by atoms with Crippen LogP contribution < -0.4 is 15.2 Å². The summed E-state index contributed by atoms with van der Waals surface area (Å²) < 4.78 is 45.5. The number of hydrogen-bond acceptors (Lipinski definition) is 5. The monoisotopic (exact) mass is 472 g/mol. The summed E-state index contributed by atoms with van der Waals surface area (Å²) in [5.41, 5.74) is 0.514. The highest BCUT2D eigenvalue weighted by molar-refractivity contribution is 5.76. The highest BCUT2D eigenvalue weighted by atomic mass is 19.4.